The van der Waals surface area contributed by atoms with Crippen LogP contribution < -0.4 is 4.90 Å². The number of hydrogen-bond donors (Lipinski definition) is 0. The molecule has 3 rings (SSSR count). The SMILES string of the molecule is CN(CCSc1nnc(CN2CCCC2=O)o1)c1ccccc1. The van der Waals surface area contributed by atoms with Crippen LogP contribution in [-0.4, -0.2) is 46.9 Å². The highest BCUT2D eigenvalue weighted by molar-refractivity contribution is 7.99. The van der Waals surface area contributed by atoms with Gasteiger partial charge in [0.15, 0.2) is 0 Å². The summed E-state index contributed by atoms with van der Waals surface area (Å²) >= 11 is 1.54. The molecule has 122 valence electrons. The first-order valence-corrected chi connectivity index (χ1v) is 8.70. The predicted molar refractivity (Wildman–Crippen MR) is 89.4 cm³/mol. The number of benzene rings is 1. The number of amides is 1. The van der Waals surface area contributed by atoms with Crippen LogP contribution in [-0.2, 0) is 11.3 Å². The van der Waals surface area contributed by atoms with E-state index in [-0.39, 0.29) is 5.91 Å². The molecule has 1 aromatic carbocycles. The number of aromatic nitrogens is 2. The molecule has 1 aliphatic heterocycles. The van der Waals surface area contributed by atoms with Crippen molar-refractivity contribution in [3.05, 3.63) is 36.2 Å². The Morgan fingerprint density at radius 1 is 1.30 bits per heavy atom. The third-order valence-electron chi connectivity index (χ3n) is 3.80. The van der Waals surface area contributed by atoms with Crippen LogP contribution in [0.5, 0.6) is 0 Å². The number of para-hydroxylation sites is 1. The Bertz CT molecular complexity index is 647. The van der Waals surface area contributed by atoms with Gasteiger partial charge < -0.3 is 14.2 Å². The molecule has 1 aromatic heterocycles. The molecular weight excluding hydrogens is 312 g/mol. The van der Waals surface area contributed by atoms with Crippen molar-refractivity contribution in [2.24, 2.45) is 0 Å². The van der Waals surface area contributed by atoms with Crippen molar-refractivity contribution in [2.75, 3.05) is 30.8 Å². The molecule has 0 N–H and O–H groups in total. The molecule has 0 radical (unpaired) electrons. The van der Waals surface area contributed by atoms with E-state index in [1.165, 1.54) is 17.4 Å². The predicted octanol–water partition coefficient (Wildman–Crippen LogP) is 2.42. The molecule has 23 heavy (non-hydrogen) atoms. The summed E-state index contributed by atoms with van der Waals surface area (Å²) in [6.45, 7) is 2.10. The molecule has 1 fully saturated rings. The summed E-state index contributed by atoms with van der Waals surface area (Å²) in [5, 5.41) is 8.63. The Labute approximate surface area is 139 Å². The van der Waals surface area contributed by atoms with Crippen LogP contribution in [0.15, 0.2) is 40.0 Å². The minimum absolute atomic E-state index is 0.168. The summed E-state index contributed by atoms with van der Waals surface area (Å²) in [6, 6.07) is 10.2. The number of likely N-dealkylation sites (tertiary alicyclic amines) is 1. The highest BCUT2D eigenvalue weighted by Gasteiger charge is 2.22. The molecule has 0 spiro atoms. The first kappa shape index (κ1) is 15.9. The molecule has 0 bridgehead atoms. The minimum Gasteiger partial charge on any atom is -0.414 e. The average Bonchev–Trinajstić information content (AvgIpc) is 3.18. The number of thioether (sulfide) groups is 1. The zero-order chi connectivity index (χ0) is 16.1. The molecule has 2 heterocycles. The second kappa shape index (κ2) is 7.50. The summed E-state index contributed by atoms with van der Waals surface area (Å²) in [6.07, 6.45) is 1.54. The lowest BCUT2D eigenvalue weighted by molar-refractivity contribution is -0.128. The summed E-state index contributed by atoms with van der Waals surface area (Å²) in [5.74, 6) is 1.54. The van der Waals surface area contributed by atoms with Crippen LogP contribution in [0.1, 0.15) is 18.7 Å². The summed E-state index contributed by atoms with van der Waals surface area (Å²) in [4.78, 5) is 15.5. The summed E-state index contributed by atoms with van der Waals surface area (Å²) < 4.78 is 5.61. The van der Waals surface area contributed by atoms with Gasteiger partial charge in [-0.25, -0.2) is 0 Å². The van der Waals surface area contributed by atoms with E-state index in [0.29, 0.717) is 24.1 Å². The number of rotatable bonds is 7. The number of hydrogen-bond acceptors (Lipinski definition) is 6. The van der Waals surface area contributed by atoms with Gasteiger partial charge >= 0.3 is 0 Å². The molecule has 1 aliphatic rings. The van der Waals surface area contributed by atoms with E-state index >= 15 is 0 Å². The lowest BCUT2D eigenvalue weighted by atomic mass is 10.3. The normalized spacial score (nSPS) is 14.5. The van der Waals surface area contributed by atoms with Crippen molar-refractivity contribution in [3.63, 3.8) is 0 Å². The van der Waals surface area contributed by atoms with Crippen molar-refractivity contribution in [2.45, 2.75) is 24.6 Å². The summed E-state index contributed by atoms with van der Waals surface area (Å²) in [7, 11) is 2.06. The molecule has 6 nitrogen and oxygen atoms in total. The number of carbonyl (C=O) groups is 1. The highest BCUT2D eigenvalue weighted by Crippen LogP contribution is 2.20. The Hall–Kier alpha value is -2.02. The monoisotopic (exact) mass is 332 g/mol. The number of carbonyl (C=O) groups excluding carboxylic acids is 1. The largest absolute Gasteiger partial charge is 0.414 e. The Morgan fingerprint density at radius 3 is 2.87 bits per heavy atom. The lowest BCUT2D eigenvalue weighted by Crippen LogP contribution is -2.23. The van der Waals surface area contributed by atoms with E-state index in [9.17, 15) is 4.79 Å². The zero-order valence-electron chi connectivity index (χ0n) is 13.1. The molecule has 1 saturated heterocycles. The summed E-state index contributed by atoms with van der Waals surface area (Å²) in [5.41, 5.74) is 1.19. The van der Waals surface area contributed by atoms with E-state index in [2.05, 4.69) is 34.3 Å². The maximum absolute atomic E-state index is 11.6. The molecule has 0 atom stereocenters. The quantitative estimate of drug-likeness (QED) is 0.726. The van der Waals surface area contributed by atoms with Crippen LogP contribution in [0.25, 0.3) is 0 Å². The zero-order valence-corrected chi connectivity index (χ0v) is 14.0. The van der Waals surface area contributed by atoms with Crippen molar-refractivity contribution in [1.82, 2.24) is 15.1 Å². The molecule has 2 aromatic rings. The number of nitrogens with zero attached hydrogens (tertiary/aromatic N) is 4. The van der Waals surface area contributed by atoms with E-state index in [0.717, 1.165) is 25.3 Å². The fourth-order valence-electron chi connectivity index (χ4n) is 2.48. The fraction of sp³-hybridized carbons (Fsp3) is 0.438. The first-order valence-electron chi connectivity index (χ1n) is 7.71. The minimum atomic E-state index is 0.168. The highest BCUT2D eigenvalue weighted by atomic mass is 32.2. The van der Waals surface area contributed by atoms with Crippen molar-refractivity contribution >= 4 is 23.4 Å². The molecule has 0 unspecified atom stereocenters. The Kier molecular flexibility index (Phi) is 5.17. The van der Waals surface area contributed by atoms with Crippen molar-refractivity contribution in [1.29, 1.82) is 0 Å². The second-order valence-corrected chi connectivity index (χ2v) is 6.53. The van der Waals surface area contributed by atoms with Gasteiger partial charge in [0.2, 0.25) is 11.8 Å². The molecular formula is C16H20N4O2S. The second-order valence-electron chi connectivity index (χ2n) is 5.49. The van der Waals surface area contributed by atoms with Gasteiger partial charge in [-0.2, -0.15) is 0 Å². The van der Waals surface area contributed by atoms with Gasteiger partial charge in [0.05, 0.1) is 6.54 Å². The standard InChI is InChI=1S/C16H20N4O2S/c1-19(13-6-3-2-4-7-13)10-11-23-16-18-17-14(22-16)12-20-9-5-8-15(20)21/h2-4,6-7H,5,8-12H2,1H3. The third-order valence-corrected chi connectivity index (χ3v) is 4.59. The van der Waals surface area contributed by atoms with Crippen LogP contribution in [0.4, 0.5) is 5.69 Å². The van der Waals surface area contributed by atoms with Gasteiger partial charge in [0.25, 0.3) is 5.22 Å². The van der Waals surface area contributed by atoms with Gasteiger partial charge in [-0.1, -0.05) is 30.0 Å². The van der Waals surface area contributed by atoms with E-state index in [1.54, 1.807) is 4.90 Å². The lowest BCUT2D eigenvalue weighted by Gasteiger charge is -2.18. The average molecular weight is 332 g/mol. The van der Waals surface area contributed by atoms with Gasteiger partial charge in [0, 0.05) is 38.0 Å². The fourth-order valence-corrected chi connectivity index (χ4v) is 3.27. The van der Waals surface area contributed by atoms with Gasteiger partial charge in [0.1, 0.15) is 0 Å². The Balaban J connectivity index is 1.45. The molecule has 0 saturated carbocycles. The molecule has 0 aliphatic carbocycles. The van der Waals surface area contributed by atoms with E-state index < -0.39 is 0 Å². The van der Waals surface area contributed by atoms with Crippen LogP contribution in [0.2, 0.25) is 0 Å². The van der Waals surface area contributed by atoms with Crippen LogP contribution >= 0.6 is 11.8 Å². The van der Waals surface area contributed by atoms with Crippen molar-refractivity contribution in [3.8, 4) is 0 Å². The number of anilines is 1. The van der Waals surface area contributed by atoms with Crippen LogP contribution in [0.3, 0.4) is 0 Å². The first-order chi connectivity index (χ1) is 11.2. The van der Waals surface area contributed by atoms with E-state index in [4.69, 9.17) is 4.42 Å². The van der Waals surface area contributed by atoms with E-state index in [1.807, 2.05) is 18.2 Å². The Morgan fingerprint density at radius 2 is 2.13 bits per heavy atom. The maximum atomic E-state index is 11.6. The molecule has 1 amide bonds. The van der Waals surface area contributed by atoms with Gasteiger partial charge in [-0.05, 0) is 18.6 Å². The topological polar surface area (TPSA) is 62.5 Å². The molecule has 7 heteroatoms. The van der Waals surface area contributed by atoms with Gasteiger partial charge in [-0.15, -0.1) is 10.2 Å². The third kappa shape index (κ3) is 4.25. The van der Waals surface area contributed by atoms with Crippen LogP contribution in [0, 0.1) is 0 Å². The van der Waals surface area contributed by atoms with Gasteiger partial charge in [-0.3, -0.25) is 4.79 Å². The van der Waals surface area contributed by atoms with Crippen molar-refractivity contribution < 1.29 is 9.21 Å². The maximum Gasteiger partial charge on any atom is 0.276 e. The smallest absolute Gasteiger partial charge is 0.276 e.